The van der Waals surface area contributed by atoms with Crippen LogP contribution in [0.2, 0.25) is 0 Å². The highest BCUT2D eigenvalue weighted by molar-refractivity contribution is 5.64. The van der Waals surface area contributed by atoms with Gasteiger partial charge in [-0.3, -0.25) is 10.0 Å². The Bertz CT molecular complexity index is 732. The predicted molar refractivity (Wildman–Crippen MR) is 96.2 cm³/mol. The molecule has 4 rings (SSSR count). The van der Waals surface area contributed by atoms with Crippen LogP contribution in [0.5, 0.6) is 0 Å². The van der Waals surface area contributed by atoms with Gasteiger partial charge < -0.3 is 0 Å². The molecule has 0 fully saturated rings. The molecule has 0 saturated heterocycles. The largest absolute Gasteiger partial charge is 0.270 e. The minimum absolute atomic E-state index is 0.193. The first kappa shape index (κ1) is 13.6. The van der Waals surface area contributed by atoms with Crippen molar-refractivity contribution in [3.63, 3.8) is 0 Å². The molecule has 3 aromatic carbocycles. The second-order valence-electron chi connectivity index (χ2n) is 5.56. The molecule has 112 valence electrons. The second-order valence-corrected chi connectivity index (χ2v) is 5.56. The lowest BCUT2D eigenvalue weighted by Crippen LogP contribution is -2.37. The number of hydrogen-bond acceptors (Lipinski definition) is 2. The number of anilines is 2. The van der Waals surface area contributed by atoms with E-state index in [-0.39, 0.29) is 6.04 Å². The smallest absolute Gasteiger partial charge is 0.0958 e. The van der Waals surface area contributed by atoms with E-state index in [0.717, 1.165) is 5.69 Å². The van der Waals surface area contributed by atoms with E-state index in [0.29, 0.717) is 0 Å². The Labute approximate surface area is 136 Å². The van der Waals surface area contributed by atoms with Gasteiger partial charge in [0, 0.05) is 6.20 Å². The molecular formula is C21H18N2. The van der Waals surface area contributed by atoms with Gasteiger partial charge >= 0.3 is 0 Å². The fraction of sp³-hybridized carbons (Fsp3) is 0.0476. The van der Waals surface area contributed by atoms with Gasteiger partial charge in [-0.2, -0.15) is 0 Å². The Kier molecular flexibility index (Phi) is 3.57. The van der Waals surface area contributed by atoms with Crippen LogP contribution in [0.15, 0.2) is 103 Å². The molecule has 2 nitrogen and oxygen atoms in total. The van der Waals surface area contributed by atoms with Gasteiger partial charge in [0.2, 0.25) is 0 Å². The monoisotopic (exact) mass is 298 g/mol. The summed E-state index contributed by atoms with van der Waals surface area (Å²) in [5, 5.41) is 4.54. The molecule has 0 radical (unpaired) electrons. The van der Waals surface area contributed by atoms with Crippen LogP contribution in [-0.4, -0.2) is 0 Å². The van der Waals surface area contributed by atoms with Crippen molar-refractivity contribution in [1.29, 1.82) is 0 Å². The molecule has 2 heteroatoms. The molecule has 3 aromatic rings. The number of hydrazine groups is 1. The van der Waals surface area contributed by atoms with Crippen LogP contribution in [0, 0.1) is 0 Å². The van der Waals surface area contributed by atoms with Gasteiger partial charge in [0.15, 0.2) is 0 Å². The highest BCUT2D eigenvalue weighted by Crippen LogP contribution is 2.37. The molecule has 0 aromatic heterocycles. The first-order valence-electron chi connectivity index (χ1n) is 7.85. The topological polar surface area (TPSA) is 6.48 Å². The van der Waals surface area contributed by atoms with Crippen molar-refractivity contribution < 1.29 is 0 Å². The molecule has 23 heavy (non-hydrogen) atoms. The number of rotatable bonds is 3. The Balaban J connectivity index is 1.78. The van der Waals surface area contributed by atoms with Crippen molar-refractivity contribution in [2.75, 3.05) is 10.0 Å². The third-order valence-electron chi connectivity index (χ3n) is 4.09. The summed E-state index contributed by atoms with van der Waals surface area (Å²) < 4.78 is 0. The third-order valence-corrected chi connectivity index (χ3v) is 4.09. The molecule has 0 N–H and O–H groups in total. The molecule has 1 unspecified atom stereocenters. The zero-order chi connectivity index (χ0) is 15.5. The van der Waals surface area contributed by atoms with Crippen molar-refractivity contribution in [3.8, 4) is 0 Å². The van der Waals surface area contributed by atoms with Gasteiger partial charge in [0.25, 0.3) is 0 Å². The Morgan fingerprint density at radius 3 is 1.70 bits per heavy atom. The number of para-hydroxylation sites is 2. The zero-order valence-electron chi connectivity index (χ0n) is 12.8. The molecule has 1 heterocycles. The molecule has 0 amide bonds. The first-order valence-corrected chi connectivity index (χ1v) is 7.85. The maximum absolute atomic E-state index is 2.32. The van der Waals surface area contributed by atoms with Gasteiger partial charge in [0.05, 0.1) is 17.4 Å². The Hall–Kier alpha value is -3.00. The standard InChI is InChI=1S/C21H18N2/c1-4-10-18(11-5-1)21-16-17-22(19-12-6-2-7-13-19)23(21)20-14-8-3-9-15-20/h1-17,21H. The van der Waals surface area contributed by atoms with Crippen molar-refractivity contribution in [2.24, 2.45) is 0 Å². The van der Waals surface area contributed by atoms with Gasteiger partial charge in [-0.1, -0.05) is 66.7 Å². The summed E-state index contributed by atoms with van der Waals surface area (Å²) in [6.45, 7) is 0. The summed E-state index contributed by atoms with van der Waals surface area (Å²) in [5.41, 5.74) is 3.62. The fourth-order valence-corrected chi connectivity index (χ4v) is 3.01. The molecule has 1 atom stereocenters. The summed E-state index contributed by atoms with van der Waals surface area (Å²) in [7, 11) is 0. The zero-order valence-corrected chi connectivity index (χ0v) is 12.8. The minimum atomic E-state index is 0.193. The summed E-state index contributed by atoms with van der Waals surface area (Å²) in [5.74, 6) is 0. The van der Waals surface area contributed by atoms with E-state index in [1.165, 1.54) is 11.3 Å². The minimum Gasteiger partial charge on any atom is -0.270 e. The normalized spacial score (nSPS) is 16.8. The maximum atomic E-state index is 2.32. The third kappa shape index (κ3) is 2.59. The van der Waals surface area contributed by atoms with E-state index in [9.17, 15) is 0 Å². The first-order chi connectivity index (χ1) is 11.4. The Morgan fingerprint density at radius 1 is 0.565 bits per heavy atom. The fourth-order valence-electron chi connectivity index (χ4n) is 3.01. The molecule has 1 aliphatic rings. The van der Waals surface area contributed by atoms with Crippen molar-refractivity contribution in [2.45, 2.75) is 6.04 Å². The molecule has 0 spiro atoms. The lowest BCUT2D eigenvalue weighted by atomic mass is 10.1. The van der Waals surface area contributed by atoms with Crippen molar-refractivity contribution >= 4 is 11.4 Å². The van der Waals surface area contributed by atoms with Crippen molar-refractivity contribution in [1.82, 2.24) is 0 Å². The quantitative estimate of drug-likeness (QED) is 0.657. The van der Waals surface area contributed by atoms with E-state index in [1.807, 2.05) is 6.07 Å². The highest BCUT2D eigenvalue weighted by Gasteiger charge is 2.28. The molecule has 0 aliphatic carbocycles. The van der Waals surface area contributed by atoms with Gasteiger partial charge in [-0.05, 0) is 35.9 Å². The number of benzene rings is 3. The van der Waals surface area contributed by atoms with E-state index in [2.05, 4.69) is 107 Å². The average Bonchev–Trinajstić information content (AvgIpc) is 3.09. The molecule has 0 saturated carbocycles. The van der Waals surface area contributed by atoms with Crippen LogP contribution >= 0.6 is 0 Å². The van der Waals surface area contributed by atoms with Crippen LogP contribution < -0.4 is 10.0 Å². The van der Waals surface area contributed by atoms with Gasteiger partial charge in [-0.15, -0.1) is 0 Å². The van der Waals surface area contributed by atoms with Crippen LogP contribution in [0.1, 0.15) is 11.6 Å². The van der Waals surface area contributed by atoms with Crippen LogP contribution in [0.25, 0.3) is 0 Å². The summed E-state index contributed by atoms with van der Waals surface area (Å²) in [6, 6.07) is 31.8. The molecule has 1 aliphatic heterocycles. The SMILES string of the molecule is C1=CN(c2ccccc2)N(c2ccccc2)C1c1ccccc1. The van der Waals surface area contributed by atoms with Crippen LogP contribution in [0.4, 0.5) is 11.4 Å². The summed E-state index contributed by atoms with van der Waals surface area (Å²) in [6.07, 6.45) is 4.40. The van der Waals surface area contributed by atoms with E-state index >= 15 is 0 Å². The Morgan fingerprint density at radius 2 is 1.09 bits per heavy atom. The van der Waals surface area contributed by atoms with E-state index in [1.54, 1.807) is 0 Å². The maximum Gasteiger partial charge on any atom is 0.0958 e. The molecular weight excluding hydrogens is 280 g/mol. The lowest BCUT2D eigenvalue weighted by molar-refractivity contribution is 0.774. The summed E-state index contributed by atoms with van der Waals surface area (Å²) in [4.78, 5) is 0. The van der Waals surface area contributed by atoms with Gasteiger partial charge in [0.1, 0.15) is 0 Å². The number of nitrogens with zero attached hydrogens (tertiary/aromatic N) is 2. The average molecular weight is 298 g/mol. The van der Waals surface area contributed by atoms with Gasteiger partial charge in [-0.25, -0.2) is 0 Å². The molecule has 0 bridgehead atoms. The van der Waals surface area contributed by atoms with Crippen molar-refractivity contribution in [3.05, 3.63) is 109 Å². The lowest BCUT2D eigenvalue weighted by Gasteiger charge is -2.35. The second kappa shape index (κ2) is 6.01. The van der Waals surface area contributed by atoms with E-state index in [4.69, 9.17) is 0 Å². The number of hydrogen-bond donors (Lipinski definition) is 0. The predicted octanol–water partition coefficient (Wildman–Crippen LogP) is 5.18. The van der Waals surface area contributed by atoms with Crippen LogP contribution in [0.3, 0.4) is 0 Å². The van der Waals surface area contributed by atoms with E-state index < -0.39 is 0 Å². The summed E-state index contributed by atoms with van der Waals surface area (Å²) >= 11 is 0. The highest BCUT2D eigenvalue weighted by atomic mass is 15.6. The van der Waals surface area contributed by atoms with Crippen LogP contribution in [-0.2, 0) is 0 Å².